The fourth-order valence-corrected chi connectivity index (χ4v) is 4.46. The standard InChI is InChI=1S/C24H24FN3O5S/c1-17-4-11-22(12-5-17)34(30,31)28(20-8-6-19(25)7-9-20)16-24(29)27-26-15-18-14-21(32-2)10-13-23(18)33-3/h4-15H,16H2,1-3H3,(H,27,29)/b26-15-. The van der Waals surface area contributed by atoms with Gasteiger partial charge in [0, 0.05) is 5.56 Å². The van der Waals surface area contributed by atoms with Crippen molar-refractivity contribution in [3.05, 3.63) is 83.7 Å². The molecule has 0 spiro atoms. The third-order valence-electron chi connectivity index (χ3n) is 4.84. The van der Waals surface area contributed by atoms with Crippen LogP contribution in [0.2, 0.25) is 0 Å². The minimum atomic E-state index is -4.11. The molecule has 1 amide bonds. The van der Waals surface area contributed by atoms with Gasteiger partial charge in [0.25, 0.3) is 15.9 Å². The fraction of sp³-hybridized carbons (Fsp3) is 0.167. The minimum Gasteiger partial charge on any atom is -0.497 e. The second kappa shape index (κ2) is 10.8. The number of aryl methyl sites for hydroxylation is 1. The molecule has 0 aliphatic rings. The van der Waals surface area contributed by atoms with Crippen molar-refractivity contribution in [2.75, 3.05) is 25.1 Å². The van der Waals surface area contributed by atoms with Crippen LogP contribution >= 0.6 is 0 Å². The lowest BCUT2D eigenvalue weighted by molar-refractivity contribution is -0.119. The van der Waals surface area contributed by atoms with Crippen LogP contribution in [-0.4, -0.2) is 41.3 Å². The molecule has 0 aliphatic carbocycles. The molecular weight excluding hydrogens is 461 g/mol. The number of hydrazone groups is 1. The number of benzene rings is 3. The minimum absolute atomic E-state index is 0.000145. The summed E-state index contributed by atoms with van der Waals surface area (Å²) in [5.74, 6) is -0.148. The van der Waals surface area contributed by atoms with Gasteiger partial charge in [-0.05, 0) is 61.5 Å². The number of nitrogens with zero attached hydrogens (tertiary/aromatic N) is 2. The van der Waals surface area contributed by atoms with Crippen molar-refractivity contribution < 1.29 is 27.1 Å². The van der Waals surface area contributed by atoms with Gasteiger partial charge in [-0.2, -0.15) is 5.10 Å². The molecule has 0 unspecified atom stereocenters. The van der Waals surface area contributed by atoms with E-state index in [2.05, 4.69) is 10.5 Å². The Morgan fingerprint density at radius 1 is 1.03 bits per heavy atom. The van der Waals surface area contributed by atoms with Crippen molar-refractivity contribution in [1.82, 2.24) is 5.43 Å². The van der Waals surface area contributed by atoms with Crippen molar-refractivity contribution in [2.24, 2.45) is 5.10 Å². The van der Waals surface area contributed by atoms with Gasteiger partial charge in [-0.25, -0.2) is 18.2 Å². The predicted octanol–water partition coefficient (Wildman–Crippen LogP) is 3.50. The zero-order valence-corrected chi connectivity index (χ0v) is 19.7. The van der Waals surface area contributed by atoms with Gasteiger partial charge in [-0.15, -0.1) is 0 Å². The summed E-state index contributed by atoms with van der Waals surface area (Å²) >= 11 is 0. The summed E-state index contributed by atoms with van der Waals surface area (Å²) < 4.78 is 51.4. The molecule has 3 rings (SSSR count). The van der Waals surface area contributed by atoms with E-state index in [0.717, 1.165) is 22.0 Å². The van der Waals surface area contributed by atoms with Gasteiger partial charge in [-0.1, -0.05) is 17.7 Å². The number of anilines is 1. The molecule has 0 atom stereocenters. The average molecular weight is 486 g/mol. The van der Waals surface area contributed by atoms with E-state index in [4.69, 9.17) is 9.47 Å². The molecule has 0 saturated carbocycles. The van der Waals surface area contributed by atoms with Crippen LogP contribution in [0.25, 0.3) is 0 Å². The number of carbonyl (C=O) groups excluding carboxylic acids is 1. The summed E-state index contributed by atoms with van der Waals surface area (Å²) in [6.07, 6.45) is 1.36. The van der Waals surface area contributed by atoms with Gasteiger partial charge in [-0.3, -0.25) is 9.10 Å². The second-order valence-corrected chi connectivity index (χ2v) is 9.06. The third kappa shape index (κ3) is 5.90. The van der Waals surface area contributed by atoms with Gasteiger partial charge in [0.05, 0.1) is 31.0 Å². The van der Waals surface area contributed by atoms with Crippen molar-refractivity contribution >= 4 is 27.8 Å². The fourth-order valence-electron chi connectivity index (χ4n) is 3.04. The van der Waals surface area contributed by atoms with Crippen LogP contribution in [0, 0.1) is 12.7 Å². The zero-order valence-electron chi connectivity index (χ0n) is 18.9. The molecule has 0 radical (unpaired) electrons. The molecule has 0 aliphatic heterocycles. The summed E-state index contributed by atoms with van der Waals surface area (Å²) in [5.41, 5.74) is 3.88. The largest absolute Gasteiger partial charge is 0.497 e. The topological polar surface area (TPSA) is 97.3 Å². The maximum Gasteiger partial charge on any atom is 0.264 e. The molecule has 3 aromatic carbocycles. The first kappa shape index (κ1) is 24.7. The van der Waals surface area contributed by atoms with Gasteiger partial charge in [0.1, 0.15) is 23.9 Å². The molecule has 8 nitrogen and oxygen atoms in total. The average Bonchev–Trinajstić information content (AvgIpc) is 2.83. The van der Waals surface area contributed by atoms with Gasteiger partial charge in [0.2, 0.25) is 0 Å². The zero-order chi connectivity index (χ0) is 24.7. The lowest BCUT2D eigenvalue weighted by Gasteiger charge is -2.23. The second-order valence-electron chi connectivity index (χ2n) is 7.20. The predicted molar refractivity (Wildman–Crippen MR) is 127 cm³/mol. The number of sulfonamides is 1. The van der Waals surface area contributed by atoms with Gasteiger partial charge < -0.3 is 9.47 Å². The highest BCUT2D eigenvalue weighted by atomic mass is 32.2. The van der Waals surface area contributed by atoms with E-state index in [-0.39, 0.29) is 10.6 Å². The normalized spacial score (nSPS) is 11.3. The van der Waals surface area contributed by atoms with Crippen LogP contribution in [0.3, 0.4) is 0 Å². The Kier molecular flexibility index (Phi) is 7.85. The highest BCUT2D eigenvalue weighted by Gasteiger charge is 2.27. The van der Waals surface area contributed by atoms with Crippen molar-refractivity contribution in [3.63, 3.8) is 0 Å². The van der Waals surface area contributed by atoms with Crippen LogP contribution in [0.5, 0.6) is 11.5 Å². The summed E-state index contributed by atoms with van der Waals surface area (Å²) in [6.45, 7) is 1.26. The number of methoxy groups -OCH3 is 2. The first-order valence-corrected chi connectivity index (χ1v) is 11.6. The molecule has 178 valence electrons. The molecule has 0 aromatic heterocycles. The van der Waals surface area contributed by atoms with Crippen LogP contribution in [0.4, 0.5) is 10.1 Å². The summed E-state index contributed by atoms with van der Waals surface area (Å²) in [7, 11) is -1.10. The molecule has 34 heavy (non-hydrogen) atoms. The van der Waals surface area contributed by atoms with E-state index in [1.807, 2.05) is 6.92 Å². The third-order valence-corrected chi connectivity index (χ3v) is 6.63. The Hall–Kier alpha value is -3.92. The molecule has 0 fully saturated rings. The number of carbonyl (C=O) groups is 1. The Balaban J connectivity index is 1.84. The molecule has 1 N–H and O–H groups in total. The number of halogens is 1. The van der Waals surface area contributed by atoms with Crippen LogP contribution < -0.4 is 19.2 Å². The van der Waals surface area contributed by atoms with E-state index in [9.17, 15) is 17.6 Å². The van der Waals surface area contributed by atoms with E-state index in [0.29, 0.717) is 17.1 Å². The highest BCUT2D eigenvalue weighted by molar-refractivity contribution is 7.92. The van der Waals surface area contributed by atoms with E-state index in [1.54, 1.807) is 30.3 Å². The highest BCUT2D eigenvalue weighted by Crippen LogP contribution is 2.24. The molecule has 0 bridgehead atoms. The molecule has 10 heteroatoms. The molecule has 0 heterocycles. The summed E-state index contributed by atoms with van der Waals surface area (Å²) in [6, 6.07) is 16.1. The Morgan fingerprint density at radius 2 is 1.71 bits per heavy atom. The first-order chi connectivity index (χ1) is 16.2. The maximum absolute atomic E-state index is 13.4. The van der Waals surface area contributed by atoms with Crippen LogP contribution in [0.15, 0.2) is 76.7 Å². The number of hydrogen-bond acceptors (Lipinski definition) is 6. The van der Waals surface area contributed by atoms with Gasteiger partial charge >= 0.3 is 0 Å². The Labute approximate surface area is 197 Å². The van der Waals surface area contributed by atoms with E-state index < -0.39 is 28.3 Å². The number of ether oxygens (including phenoxy) is 2. The number of hydrogen-bond donors (Lipinski definition) is 1. The molecule has 0 saturated heterocycles. The SMILES string of the molecule is COc1ccc(OC)c(/C=N\NC(=O)CN(c2ccc(F)cc2)S(=O)(=O)c2ccc(C)cc2)c1. The lowest BCUT2D eigenvalue weighted by Crippen LogP contribution is -2.39. The molecular formula is C24H24FN3O5S. The number of rotatable bonds is 9. The van der Waals surface area contributed by atoms with Crippen molar-refractivity contribution in [2.45, 2.75) is 11.8 Å². The van der Waals surface area contributed by atoms with E-state index >= 15 is 0 Å². The van der Waals surface area contributed by atoms with Crippen molar-refractivity contribution in [1.29, 1.82) is 0 Å². The monoisotopic (exact) mass is 485 g/mol. The Morgan fingerprint density at radius 3 is 2.32 bits per heavy atom. The van der Waals surface area contributed by atoms with Crippen molar-refractivity contribution in [3.8, 4) is 11.5 Å². The van der Waals surface area contributed by atoms with E-state index in [1.165, 1.54) is 44.7 Å². The maximum atomic E-state index is 13.4. The first-order valence-electron chi connectivity index (χ1n) is 10.1. The van der Waals surface area contributed by atoms with Crippen LogP contribution in [-0.2, 0) is 14.8 Å². The molecule has 3 aromatic rings. The number of nitrogens with one attached hydrogen (secondary N) is 1. The van der Waals surface area contributed by atoms with Crippen LogP contribution in [0.1, 0.15) is 11.1 Å². The van der Waals surface area contributed by atoms with Gasteiger partial charge in [0.15, 0.2) is 0 Å². The smallest absolute Gasteiger partial charge is 0.264 e. The summed E-state index contributed by atoms with van der Waals surface area (Å²) in [5, 5.41) is 3.91. The number of amides is 1. The lowest BCUT2D eigenvalue weighted by atomic mass is 10.2. The summed E-state index contributed by atoms with van der Waals surface area (Å²) in [4.78, 5) is 12.6. The quantitative estimate of drug-likeness (QED) is 0.370. The Bertz CT molecular complexity index is 1280.